The topological polar surface area (TPSA) is 81.4 Å². The Labute approximate surface area is 184 Å². The predicted octanol–water partition coefficient (Wildman–Crippen LogP) is 4.26. The van der Waals surface area contributed by atoms with Crippen molar-refractivity contribution in [2.75, 3.05) is 12.4 Å². The summed E-state index contributed by atoms with van der Waals surface area (Å²) in [5, 5.41) is 13.9. The van der Waals surface area contributed by atoms with Crippen LogP contribution in [0.4, 0.5) is 0 Å². The van der Waals surface area contributed by atoms with Gasteiger partial charge >= 0.3 is 0 Å². The monoisotopic (exact) mass is 443 g/mol. The van der Waals surface area contributed by atoms with Gasteiger partial charge in [0, 0.05) is 22.7 Å². The quantitative estimate of drug-likeness (QED) is 0.303. The number of hydrogen-bond acceptors (Lipinski definition) is 6. The Balaban J connectivity index is 1.59. The minimum absolute atomic E-state index is 0.170. The number of nitrogens with one attached hydrogen (secondary N) is 1. The number of para-hydroxylation sites is 1. The zero-order valence-electron chi connectivity index (χ0n) is 16.7. The van der Waals surface area contributed by atoms with Crippen LogP contribution in [0.15, 0.2) is 58.8 Å². The first-order valence-corrected chi connectivity index (χ1v) is 10.8. The Morgan fingerprint density at radius 3 is 2.70 bits per heavy atom. The maximum absolute atomic E-state index is 12.2. The highest BCUT2D eigenvalue weighted by atomic mass is 35.5. The molecule has 7 nitrogen and oxygen atoms in total. The van der Waals surface area contributed by atoms with Gasteiger partial charge in [0.15, 0.2) is 11.0 Å². The third-order valence-corrected chi connectivity index (χ3v) is 5.30. The van der Waals surface area contributed by atoms with E-state index in [1.54, 1.807) is 6.21 Å². The second-order valence-corrected chi connectivity index (χ2v) is 7.49. The van der Waals surface area contributed by atoms with E-state index >= 15 is 0 Å². The summed E-state index contributed by atoms with van der Waals surface area (Å²) in [4.78, 5) is 12.2. The first kappa shape index (κ1) is 21.9. The highest BCUT2D eigenvalue weighted by molar-refractivity contribution is 7.99. The molecule has 0 saturated carbocycles. The third kappa shape index (κ3) is 5.61. The van der Waals surface area contributed by atoms with Crippen LogP contribution in [0, 0.1) is 0 Å². The van der Waals surface area contributed by atoms with Gasteiger partial charge in [-0.15, -0.1) is 10.2 Å². The van der Waals surface area contributed by atoms with Crippen LogP contribution in [0.1, 0.15) is 19.4 Å². The van der Waals surface area contributed by atoms with Crippen molar-refractivity contribution >= 4 is 35.5 Å². The third-order valence-electron chi connectivity index (χ3n) is 4.08. The molecule has 1 amide bonds. The highest BCUT2D eigenvalue weighted by Gasteiger charge is 2.14. The number of aromatic nitrogens is 3. The van der Waals surface area contributed by atoms with Crippen molar-refractivity contribution in [1.82, 2.24) is 20.2 Å². The van der Waals surface area contributed by atoms with Gasteiger partial charge in [0.25, 0.3) is 5.91 Å². The Bertz CT molecular complexity index is 1020. The number of benzene rings is 2. The van der Waals surface area contributed by atoms with E-state index in [4.69, 9.17) is 16.3 Å². The van der Waals surface area contributed by atoms with Crippen LogP contribution in [0.3, 0.4) is 0 Å². The largest absolute Gasteiger partial charge is 0.493 e. The zero-order valence-corrected chi connectivity index (χ0v) is 18.3. The average molecular weight is 444 g/mol. The van der Waals surface area contributed by atoms with Gasteiger partial charge in [-0.2, -0.15) is 5.10 Å². The Hall–Kier alpha value is -2.84. The lowest BCUT2D eigenvalue weighted by atomic mass is 10.2. The zero-order chi connectivity index (χ0) is 21.3. The molecule has 0 unspecified atom stereocenters. The molecule has 3 aromatic rings. The first-order valence-electron chi connectivity index (χ1n) is 9.48. The number of halogens is 1. The van der Waals surface area contributed by atoms with Gasteiger partial charge in [-0.25, -0.2) is 5.43 Å². The van der Waals surface area contributed by atoms with Crippen LogP contribution in [0.5, 0.6) is 5.75 Å². The molecule has 0 bridgehead atoms. The maximum Gasteiger partial charge on any atom is 0.250 e. The van der Waals surface area contributed by atoms with Gasteiger partial charge in [0.2, 0.25) is 0 Å². The number of ether oxygens (including phenoxy) is 1. The molecule has 1 heterocycles. The molecular formula is C21H22ClN5O2S. The number of hydrogen-bond donors (Lipinski definition) is 1. The van der Waals surface area contributed by atoms with Crippen LogP contribution in [0.25, 0.3) is 11.4 Å². The number of thioether (sulfide) groups is 1. The van der Waals surface area contributed by atoms with E-state index < -0.39 is 0 Å². The first-order chi connectivity index (χ1) is 14.6. The fourth-order valence-corrected chi connectivity index (χ4v) is 3.62. The van der Waals surface area contributed by atoms with E-state index in [1.807, 2.05) is 66.9 Å². The molecule has 0 aliphatic carbocycles. The SMILES string of the molecule is CCOc1ccccc1C=NNC(=O)CSc1nnc(-c2ccc(Cl)cc2)n1CC. The molecule has 0 saturated heterocycles. The van der Waals surface area contributed by atoms with Crippen molar-refractivity contribution in [3.63, 3.8) is 0 Å². The van der Waals surface area contributed by atoms with Crippen LogP contribution >= 0.6 is 23.4 Å². The second kappa shape index (κ2) is 10.8. The number of nitrogens with zero attached hydrogens (tertiary/aromatic N) is 4. The summed E-state index contributed by atoms with van der Waals surface area (Å²) in [6.45, 7) is 5.17. The highest BCUT2D eigenvalue weighted by Crippen LogP contribution is 2.25. The Morgan fingerprint density at radius 2 is 1.97 bits per heavy atom. The summed E-state index contributed by atoms with van der Waals surface area (Å²) in [6.07, 6.45) is 1.57. The van der Waals surface area contributed by atoms with Crippen molar-refractivity contribution < 1.29 is 9.53 Å². The van der Waals surface area contributed by atoms with Crippen molar-refractivity contribution in [1.29, 1.82) is 0 Å². The molecule has 0 fully saturated rings. The van der Waals surface area contributed by atoms with Crippen LogP contribution < -0.4 is 10.2 Å². The van der Waals surface area contributed by atoms with E-state index in [0.29, 0.717) is 23.3 Å². The minimum atomic E-state index is -0.233. The van der Waals surface area contributed by atoms with Crippen LogP contribution in [0.2, 0.25) is 5.02 Å². The summed E-state index contributed by atoms with van der Waals surface area (Å²) >= 11 is 7.27. The standard InChI is InChI=1S/C21H22ClN5O2S/c1-3-27-20(15-9-11-17(22)12-10-15)25-26-21(27)30-14-19(28)24-23-13-16-7-5-6-8-18(16)29-4-2/h5-13H,3-4,14H2,1-2H3,(H,24,28). The lowest BCUT2D eigenvalue weighted by molar-refractivity contribution is -0.118. The van der Waals surface area contributed by atoms with Gasteiger partial charge < -0.3 is 9.30 Å². The summed E-state index contributed by atoms with van der Waals surface area (Å²) in [7, 11) is 0. The average Bonchev–Trinajstić information content (AvgIpc) is 3.17. The molecule has 30 heavy (non-hydrogen) atoms. The molecule has 0 aliphatic heterocycles. The maximum atomic E-state index is 12.2. The van der Waals surface area contributed by atoms with Gasteiger partial charge in [-0.1, -0.05) is 35.5 Å². The van der Waals surface area contributed by atoms with Gasteiger partial charge in [-0.05, 0) is 50.2 Å². The van der Waals surface area contributed by atoms with Crippen molar-refractivity contribution in [3.8, 4) is 17.1 Å². The van der Waals surface area contributed by atoms with E-state index in [-0.39, 0.29) is 11.7 Å². The normalized spacial score (nSPS) is 11.0. The second-order valence-electron chi connectivity index (χ2n) is 6.11. The summed E-state index contributed by atoms with van der Waals surface area (Å²) in [5.74, 6) is 1.40. The molecule has 0 radical (unpaired) electrons. The number of rotatable bonds is 9. The molecule has 1 aromatic heterocycles. The number of amides is 1. The summed E-state index contributed by atoms with van der Waals surface area (Å²) in [6, 6.07) is 14.9. The molecule has 9 heteroatoms. The molecule has 0 atom stereocenters. The van der Waals surface area contributed by atoms with Crippen molar-refractivity contribution in [3.05, 3.63) is 59.1 Å². The summed E-state index contributed by atoms with van der Waals surface area (Å²) < 4.78 is 7.50. The smallest absolute Gasteiger partial charge is 0.250 e. The van der Waals surface area contributed by atoms with Crippen LogP contribution in [-0.2, 0) is 11.3 Å². The minimum Gasteiger partial charge on any atom is -0.493 e. The van der Waals surface area contributed by atoms with E-state index in [1.165, 1.54) is 11.8 Å². The molecule has 1 N–H and O–H groups in total. The molecule has 156 valence electrons. The fraction of sp³-hybridized carbons (Fsp3) is 0.238. The lowest BCUT2D eigenvalue weighted by Gasteiger charge is -2.07. The summed E-state index contributed by atoms with van der Waals surface area (Å²) in [5.41, 5.74) is 4.25. The number of hydrazone groups is 1. The molecule has 2 aromatic carbocycles. The van der Waals surface area contributed by atoms with E-state index in [0.717, 1.165) is 22.7 Å². The van der Waals surface area contributed by atoms with E-state index in [9.17, 15) is 4.79 Å². The van der Waals surface area contributed by atoms with Gasteiger partial charge in [0.05, 0.1) is 18.6 Å². The molecule has 0 aliphatic rings. The fourth-order valence-electron chi connectivity index (χ4n) is 2.70. The van der Waals surface area contributed by atoms with Gasteiger partial charge in [0.1, 0.15) is 5.75 Å². The number of carbonyl (C=O) groups is 1. The van der Waals surface area contributed by atoms with Crippen molar-refractivity contribution in [2.24, 2.45) is 5.10 Å². The molecule has 3 rings (SSSR count). The van der Waals surface area contributed by atoms with Crippen LogP contribution in [-0.4, -0.2) is 39.2 Å². The van der Waals surface area contributed by atoms with Crippen molar-refractivity contribution in [2.45, 2.75) is 25.5 Å². The molecule has 0 spiro atoms. The Morgan fingerprint density at radius 1 is 1.20 bits per heavy atom. The number of carbonyl (C=O) groups excluding carboxylic acids is 1. The lowest BCUT2D eigenvalue weighted by Crippen LogP contribution is -2.20. The van der Waals surface area contributed by atoms with E-state index in [2.05, 4.69) is 20.7 Å². The molecular weight excluding hydrogens is 422 g/mol. The van der Waals surface area contributed by atoms with Gasteiger partial charge in [-0.3, -0.25) is 4.79 Å². The Kier molecular flexibility index (Phi) is 7.87. The predicted molar refractivity (Wildman–Crippen MR) is 120 cm³/mol.